The molecule has 2 nitrogen and oxygen atoms in total. The number of nitrogens with one attached hydrogen (secondary N) is 1. The zero-order valence-electron chi connectivity index (χ0n) is 11.5. The first-order chi connectivity index (χ1) is 9.02. The lowest BCUT2D eigenvalue weighted by Gasteiger charge is -2.19. The van der Waals surface area contributed by atoms with Crippen LogP contribution >= 0.6 is 15.9 Å². The van der Waals surface area contributed by atoms with Crippen molar-refractivity contribution in [3.63, 3.8) is 0 Å². The number of halogens is 1. The Morgan fingerprint density at radius 1 is 0.947 bits per heavy atom. The van der Waals surface area contributed by atoms with E-state index < -0.39 is 0 Å². The fourth-order valence-corrected chi connectivity index (χ4v) is 2.52. The molecule has 0 bridgehead atoms. The minimum Gasteiger partial charge on any atom is -0.271 e. The Morgan fingerprint density at radius 2 is 1.47 bits per heavy atom. The Labute approximate surface area is 123 Å². The highest BCUT2D eigenvalue weighted by Crippen LogP contribution is 2.28. The number of rotatable bonds is 3. The van der Waals surface area contributed by atoms with Gasteiger partial charge in [0.05, 0.1) is 6.04 Å². The van der Waals surface area contributed by atoms with Gasteiger partial charge >= 0.3 is 0 Å². The third-order valence-electron chi connectivity index (χ3n) is 3.37. The molecule has 100 valence electrons. The van der Waals surface area contributed by atoms with E-state index in [-0.39, 0.29) is 6.04 Å². The molecule has 0 heterocycles. The highest BCUT2D eigenvalue weighted by molar-refractivity contribution is 9.10. The smallest absolute Gasteiger partial charge is 0.0710 e. The zero-order chi connectivity index (χ0) is 14.0. The normalized spacial score (nSPS) is 12.5. The van der Waals surface area contributed by atoms with E-state index >= 15 is 0 Å². The van der Waals surface area contributed by atoms with Gasteiger partial charge in [-0.05, 0) is 43.0 Å². The van der Waals surface area contributed by atoms with Crippen LogP contribution in [0.3, 0.4) is 0 Å². The van der Waals surface area contributed by atoms with Gasteiger partial charge in [-0.25, -0.2) is 5.43 Å². The van der Waals surface area contributed by atoms with Crippen LogP contribution in [0, 0.1) is 20.8 Å². The van der Waals surface area contributed by atoms with Crippen LogP contribution in [0.4, 0.5) is 0 Å². The van der Waals surface area contributed by atoms with Crippen molar-refractivity contribution < 1.29 is 0 Å². The summed E-state index contributed by atoms with van der Waals surface area (Å²) in [6.45, 7) is 6.29. The number of aryl methyl sites for hydroxylation is 3. The summed E-state index contributed by atoms with van der Waals surface area (Å²) in [6, 6.07) is 12.8. The summed E-state index contributed by atoms with van der Waals surface area (Å²) in [5.41, 5.74) is 8.97. The summed E-state index contributed by atoms with van der Waals surface area (Å²) < 4.78 is 1.16. The van der Waals surface area contributed by atoms with Crippen LogP contribution in [0.5, 0.6) is 0 Å². The van der Waals surface area contributed by atoms with E-state index in [1.807, 2.05) is 0 Å². The van der Waals surface area contributed by atoms with Gasteiger partial charge in [0.1, 0.15) is 0 Å². The maximum absolute atomic E-state index is 5.75. The zero-order valence-corrected chi connectivity index (χ0v) is 13.1. The van der Waals surface area contributed by atoms with Crippen LogP contribution in [-0.4, -0.2) is 0 Å². The van der Waals surface area contributed by atoms with Crippen molar-refractivity contribution >= 4 is 15.9 Å². The highest BCUT2D eigenvalue weighted by atomic mass is 79.9. The van der Waals surface area contributed by atoms with Gasteiger partial charge in [-0.2, -0.15) is 0 Å². The summed E-state index contributed by atoms with van der Waals surface area (Å²) in [6.07, 6.45) is 0. The van der Waals surface area contributed by atoms with Crippen molar-refractivity contribution in [3.8, 4) is 0 Å². The summed E-state index contributed by atoms with van der Waals surface area (Å²) in [5.74, 6) is 5.75. The number of hydrogen-bond acceptors (Lipinski definition) is 2. The molecule has 2 aromatic carbocycles. The minimum absolute atomic E-state index is 0.0195. The van der Waals surface area contributed by atoms with E-state index in [4.69, 9.17) is 5.84 Å². The van der Waals surface area contributed by atoms with Crippen molar-refractivity contribution in [2.75, 3.05) is 0 Å². The standard InChI is InChI=1S/C16H19BrN2/c1-10-4-6-13(7-5-10)16(19-18)14-8-11(2)15(17)12(3)9-14/h4-9,16,19H,18H2,1-3H3. The second kappa shape index (κ2) is 5.87. The van der Waals surface area contributed by atoms with Gasteiger partial charge in [-0.3, -0.25) is 5.84 Å². The molecule has 3 N–H and O–H groups in total. The molecule has 0 aliphatic carbocycles. The number of nitrogens with two attached hydrogens (primary N) is 1. The van der Waals surface area contributed by atoms with Gasteiger partial charge in [-0.15, -0.1) is 0 Å². The van der Waals surface area contributed by atoms with Crippen LogP contribution in [-0.2, 0) is 0 Å². The minimum atomic E-state index is 0.0195. The molecule has 1 atom stereocenters. The molecule has 0 amide bonds. The van der Waals surface area contributed by atoms with Crippen molar-refractivity contribution in [2.24, 2.45) is 5.84 Å². The van der Waals surface area contributed by atoms with Gasteiger partial charge < -0.3 is 0 Å². The first-order valence-electron chi connectivity index (χ1n) is 6.32. The molecule has 19 heavy (non-hydrogen) atoms. The molecular weight excluding hydrogens is 300 g/mol. The Bertz CT molecular complexity index is 553. The molecule has 0 aliphatic rings. The topological polar surface area (TPSA) is 38.0 Å². The van der Waals surface area contributed by atoms with Crippen LogP contribution < -0.4 is 11.3 Å². The molecule has 3 heteroatoms. The first-order valence-corrected chi connectivity index (χ1v) is 7.11. The summed E-state index contributed by atoms with van der Waals surface area (Å²) >= 11 is 3.60. The quantitative estimate of drug-likeness (QED) is 0.664. The number of hydrogen-bond donors (Lipinski definition) is 2. The second-order valence-corrected chi connectivity index (χ2v) is 5.77. The maximum Gasteiger partial charge on any atom is 0.0710 e. The molecule has 0 saturated carbocycles. The molecule has 0 radical (unpaired) electrons. The van der Waals surface area contributed by atoms with E-state index in [2.05, 4.69) is 78.5 Å². The Morgan fingerprint density at radius 3 is 1.95 bits per heavy atom. The molecule has 0 saturated heterocycles. The maximum atomic E-state index is 5.75. The highest BCUT2D eigenvalue weighted by Gasteiger charge is 2.14. The first kappa shape index (κ1) is 14.3. The molecular formula is C16H19BrN2. The fourth-order valence-electron chi connectivity index (χ4n) is 2.29. The predicted octanol–water partition coefficient (Wildman–Crippen LogP) is 3.93. The van der Waals surface area contributed by atoms with Crippen LogP contribution in [0.25, 0.3) is 0 Å². The monoisotopic (exact) mass is 318 g/mol. The van der Waals surface area contributed by atoms with Gasteiger partial charge in [0.2, 0.25) is 0 Å². The molecule has 0 aliphatic heterocycles. The van der Waals surface area contributed by atoms with Gasteiger partial charge in [0.15, 0.2) is 0 Å². The molecule has 0 aromatic heterocycles. The Balaban J connectivity index is 2.45. The summed E-state index contributed by atoms with van der Waals surface area (Å²) in [5, 5.41) is 0. The fraction of sp³-hybridized carbons (Fsp3) is 0.250. The Kier molecular flexibility index (Phi) is 4.40. The van der Waals surface area contributed by atoms with E-state index in [1.165, 1.54) is 27.8 Å². The van der Waals surface area contributed by atoms with E-state index in [0.29, 0.717) is 0 Å². The molecule has 1 unspecified atom stereocenters. The third-order valence-corrected chi connectivity index (χ3v) is 4.62. The lowest BCUT2D eigenvalue weighted by Crippen LogP contribution is -2.29. The average Bonchev–Trinajstić information content (AvgIpc) is 2.39. The predicted molar refractivity (Wildman–Crippen MR) is 84.0 cm³/mol. The molecule has 2 rings (SSSR count). The van der Waals surface area contributed by atoms with Gasteiger partial charge in [0.25, 0.3) is 0 Å². The average molecular weight is 319 g/mol. The van der Waals surface area contributed by atoms with Crippen LogP contribution in [0.1, 0.15) is 33.9 Å². The molecule has 0 spiro atoms. The van der Waals surface area contributed by atoms with Crippen molar-refractivity contribution in [3.05, 3.63) is 68.7 Å². The lowest BCUT2D eigenvalue weighted by molar-refractivity contribution is 0.636. The number of hydrazine groups is 1. The van der Waals surface area contributed by atoms with Crippen molar-refractivity contribution in [1.82, 2.24) is 5.43 Å². The van der Waals surface area contributed by atoms with Crippen LogP contribution in [0.2, 0.25) is 0 Å². The summed E-state index contributed by atoms with van der Waals surface area (Å²) in [7, 11) is 0. The Hall–Kier alpha value is -1.16. The SMILES string of the molecule is Cc1ccc(C(NN)c2cc(C)c(Br)c(C)c2)cc1. The third kappa shape index (κ3) is 3.06. The lowest BCUT2D eigenvalue weighted by atomic mass is 9.95. The second-order valence-electron chi connectivity index (χ2n) is 4.98. The van der Waals surface area contributed by atoms with Gasteiger partial charge in [0, 0.05) is 4.47 Å². The van der Waals surface area contributed by atoms with Gasteiger partial charge in [-0.1, -0.05) is 57.9 Å². The van der Waals surface area contributed by atoms with E-state index in [9.17, 15) is 0 Å². The largest absolute Gasteiger partial charge is 0.271 e. The van der Waals surface area contributed by atoms with E-state index in [1.54, 1.807) is 0 Å². The summed E-state index contributed by atoms with van der Waals surface area (Å²) in [4.78, 5) is 0. The van der Waals surface area contributed by atoms with Crippen LogP contribution in [0.15, 0.2) is 40.9 Å². The molecule has 2 aromatic rings. The van der Waals surface area contributed by atoms with E-state index in [0.717, 1.165) is 4.47 Å². The molecule has 0 fully saturated rings. The number of benzene rings is 2. The van der Waals surface area contributed by atoms with Crippen molar-refractivity contribution in [2.45, 2.75) is 26.8 Å². The van der Waals surface area contributed by atoms with Crippen molar-refractivity contribution in [1.29, 1.82) is 0 Å².